The molecule has 0 saturated heterocycles. The van der Waals surface area contributed by atoms with Crippen LogP contribution in [0.1, 0.15) is 343 Å². The third-order valence-corrected chi connectivity index (χ3v) is 17.6. The number of hydrogen-bond acceptors (Lipinski definition) is 15. The molecule has 0 aromatic heterocycles. The van der Waals surface area contributed by atoms with Crippen LogP contribution >= 0.6 is 15.6 Å². The largest absolute Gasteiger partial charge is 0.472 e. The van der Waals surface area contributed by atoms with Crippen molar-refractivity contribution in [3.8, 4) is 0 Å². The molecule has 0 rings (SSSR count). The number of aliphatic hydroxyl groups is 1. The number of esters is 4. The molecule has 5 atom stereocenters. The van der Waals surface area contributed by atoms with Gasteiger partial charge in [0, 0.05) is 25.7 Å². The first-order valence-electron chi connectivity index (χ1n) is 35.5. The number of aliphatic hydroxyl groups excluding tert-OH is 1. The zero-order valence-electron chi connectivity index (χ0n) is 56.3. The van der Waals surface area contributed by atoms with Gasteiger partial charge in [-0.2, -0.15) is 0 Å². The molecule has 0 bridgehead atoms. The highest BCUT2D eigenvalue weighted by molar-refractivity contribution is 7.47. The molecule has 0 aliphatic rings. The van der Waals surface area contributed by atoms with Gasteiger partial charge in [0.05, 0.1) is 26.4 Å². The summed E-state index contributed by atoms with van der Waals surface area (Å²) >= 11 is 0. The first-order valence-corrected chi connectivity index (χ1v) is 38.5. The van der Waals surface area contributed by atoms with E-state index >= 15 is 0 Å². The van der Waals surface area contributed by atoms with Crippen LogP contribution in [0.3, 0.4) is 0 Å². The van der Waals surface area contributed by atoms with Crippen molar-refractivity contribution in [2.45, 2.75) is 362 Å². The molecule has 3 N–H and O–H groups in total. The van der Waals surface area contributed by atoms with Crippen molar-refractivity contribution in [2.75, 3.05) is 39.6 Å². The Hall–Kier alpha value is -1.94. The number of unbranched alkanes of at least 4 members (excludes halogenated alkanes) is 37. The zero-order valence-corrected chi connectivity index (χ0v) is 58.1. The highest BCUT2D eigenvalue weighted by atomic mass is 31.2. The first kappa shape index (κ1) is 85.1. The molecule has 0 spiro atoms. The molecule has 0 aliphatic carbocycles. The topological polar surface area (TPSA) is 237 Å². The van der Waals surface area contributed by atoms with E-state index in [0.717, 1.165) is 127 Å². The van der Waals surface area contributed by atoms with Gasteiger partial charge in [-0.25, -0.2) is 9.13 Å². The predicted octanol–water partition coefficient (Wildman–Crippen LogP) is 19.2. The Kier molecular flexibility index (Phi) is 59.0. The Morgan fingerprint density at radius 2 is 0.529 bits per heavy atom. The van der Waals surface area contributed by atoms with Crippen LogP contribution < -0.4 is 0 Å². The molecule has 87 heavy (non-hydrogen) atoms. The van der Waals surface area contributed by atoms with Gasteiger partial charge < -0.3 is 33.8 Å². The number of hydrogen-bond donors (Lipinski definition) is 3. The van der Waals surface area contributed by atoms with Gasteiger partial charge in [0.25, 0.3) is 0 Å². The van der Waals surface area contributed by atoms with Crippen LogP contribution in [0, 0.1) is 11.8 Å². The maximum absolute atomic E-state index is 13.0. The van der Waals surface area contributed by atoms with E-state index in [4.69, 9.17) is 37.0 Å². The predicted molar refractivity (Wildman–Crippen MR) is 349 cm³/mol. The average Bonchev–Trinajstić information content (AvgIpc) is 3.69. The molecule has 2 unspecified atom stereocenters. The fourth-order valence-electron chi connectivity index (χ4n) is 10.2. The quantitative estimate of drug-likeness (QED) is 0.0222. The lowest BCUT2D eigenvalue weighted by molar-refractivity contribution is -0.161. The summed E-state index contributed by atoms with van der Waals surface area (Å²) in [6.07, 6.45) is 44.7. The van der Waals surface area contributed by atoms with Crippen LogP contribution in [-0.2, 0) is 65.4 Å². The van der Waals surface area contributed by atoms with E-state index in [-0.39, 0.29) is 25.7 Å². The third kappa shape index (κ3) is 62.6. The summed E-state index contributed by atoms with van der Waals surface area (Å²) < 4.78 is 68.0. The SMILES string of the molecule is CCCCCCCCCC(=O)OC[C@H](COP(=O)(O)OC[C@H](O)COP(=O)(O)OC[C@@H](COC(=O)CCCCCCCCCCCCCCC(C)C)OC(=O)CCCCCCCCCCCCCCCCCC(C)C)OC(=O)CCCCCCCCC. The average molecular weight is 1280 g/mol. The second-order valence-electron chi connectivity index (χ2n) is 25.5. The number of ether oxygens (including phenoxy) is 4. The van der Waals surface area contributed by atoms with Crippen molar-refractivity contribution in [3.05, 3.63) is 0 Å². The summed E-state index contributed by atoms with van der Waals surface area (Å²) in [5, 5.41) is 10.5. The van der Waals surface area contributed by atoms with Crippen molar-refractivity contribution in [2.24, 2.45) is 11.8 Å². The summed E-state index contributed by atoms with van der Waals surface area (Å²) in [5.74, 6) is -0.552. The molecule has 0 radical (unpaired) electrons. The van der Waals surface area contributed by atoms with Gasteiger partial charge >= 0.3 is 39.5 Å². The number of phosphoric acid groups is 2. The van der Waals surface area contributed by atoms with Gasteiger partial charge in [-0.15, -0.1) is 0 Å². The highest BCUT2D eigenvalue weighted by Crippen LogP contribution is 2.45. The van der Waals surface area contributed by atoms with E-state index in [2.05, 4.69) is 41.5 Å². The van der Waals surface area contributed by atoms with Crippen molar-refractivity contribution < 1.29 is 80.2 Å². The molecule has 0 amide bonds. The monoisotopic (exact) mass is 1280 g/mol. The minimum Gasteiger partial charge on any atom is -0.462 e. The number of rotatable bonds is 67. The van der Waals surface area contributed by atoms with Gasteiger partial charge in [0.1, 0.15) is 19.3 Å². The summed E-state index contributed by atoms with van der Waals surface area (Å²) in [6, 6.07) is 0. The molecule has 0 heterocycles. The highest BCUT2D eigenvalue weighted by Gasteiger charge is 2.30. The van der Waals surface area contributed by atoms with Gasteiger partial charge in [-0.1, -0.05) is 292 Å². The molecular formula is C68H132O17P2. The Morgan fingerprint density at radius 3 is 0.782 bits per heavy atom. The second-order valence-corrected chi connectivity index (χ2v) is 28.4. The van der Waals surface area contributed by atoms with Crippen molar-refractivity contribution >= 4 is 39.5 Å². The number of carbonyl (C=O) groups excluding carboxylic acids is 4. The van der Waals surface area contributed by atoms with E-state index in [9.17, 15) is 43.2 Å². The van der Waals surface area contributed by atoms with E-state index in [1.54, 1.807) is 0 Å². The van der Waals surface area contributed by atoms with E-state index in [0.29, 0.717) is 25.7 Å². The minimum absolute atomic E-state index is 0.103. The van der Waals surface area contributed by atoms with Gasteiger partial charge in [0.15, 0.2) is 12.2 Å². The molecule has 0 saturated carbocycles. The molecule has 516 valence electrons. The third-order valence-electron chi connectivity index (χ3n) is 15.7. The van der Waals surface area contributed by atoms with Crippen molar-refractivity contribution in [1.82, 2.24) is 0 Å². The van der Waals surface area contributed by atoms with Crippen molar-refractivity contribution in [1.29, 1.82) is 0 Å². The Balaban J connectivity index is 5.15. The van der Waals surface area contributed by atoms with Gasteiger partial charge in [-0.05, 0) is 37.5 Å². The van der Waals surface area contributed by atoms with Crippen LogP contribution in [0.2, 0.25) is 0 Å². The van der Waals surface area contributed by atoms with Crippen LogP contribution in [0.25, 0.3) is 0 Å². The van der Waals surface area contributed by atoms with Crippen LogP contribution in [0.15, 0.2) is 0 Å². The zero-order chi connectivity index (χ0) is 64.3. The normalized spacial score (nSPS) is 14.2. The molecule has 19 heteroatoms. The Morgan fingerprint density at radius 1 is 0.310 bits per heavy atom. The lowest BCUT2D eigenvalue weighted by atomic mass is 10.0. The fourth-order valence-corrected chi connectivity index (χ4v) is 11.8. The fraction of sp³-hybridized carbons (Fsp3) is 0.941. The minimum atomic E-state index is -4.95. The van der Waals surface area contributed by atoms with Crippen molar-refractivity contribution in [3.63, 3.8) is 0 Å². The first-order chi connectivity index (χ1) is 41.9. The van der Waals surface area contributed by atoms with Crippen LogP contribution in [0.4, 0.5) is 0 Å². The second kappa shape index (κ2) is 60.3. The standard InChI is InChI=1S/C68H132O17P2/c1-7-9-11-13-30-38-44-50-65(70)78-56-63(84-67(72)52-46-40-31-14-12-10-8-2)58-82-86(74,75)80-54-62(69)55-81-87(76,77)83-59-64(57-79-66(71)51-45-39-34-28-24-21-20-23-27-33-37-43-49-61(5)6)85-68(73)53-47-41-35-29-25-19-17-15-16-18-22-26-32-36-42-48-60(3)4/h60-64,69H,7-59H2,1-6H3,(H,74,75)(H,76,77)/t62-,63+,64+/m0/s1. The molecule has 17 nitrogen and oxygen atoms in total. The van der Waals surface area contributed by atoms with E-state index in [1.807, 2.05) is 0 Å². The maximum Gasteiger partial charge on any atom is 0.472 e. The van der Waals surface area contributed by atoms with Crippen LogP contribution in [-0.4, -0.2) is 96.7 Å². The Labute approximate surface area is 530 Å². The van der Waals surface area contributed by atoms with Gasteiger partial charge in [-0.3, -0.25) is 37.3 Å². The lowest BCUT2D eigenvalue weighted by Crippen LogP contribution is -2.30. The Bertz CT molecular complexity index is 1700. The van der Waals surface area contributed by atoms with Gasteiger partial charge in [0.2, 0.25) is 0 Å². The summed E-state index contributed by atoms with van der Waals surface area (Å²) in [7, 11) is -9.88. The van der Waals surface area contributed by atoms with Crippen LogP contribution in [0.5, 0.6) is 0 Å². The number of phosphoric ester groups is 2. The maximum atomic E-state index is 13.0. The summed E-state index contributed by atoms with van der Waals surface area (Å²) in [4.78, 5) is 72.2. The van der Waals surface area contributed by atoms with E-state index in [1.165, 1.54) is 135 Å². The van der Waals surface area contributed by atoms with E-state index < -0.39 is 97.5 Å². The molecule has 0 aliphatic heterocycles. The number of carbonyl (C=O) groups is 4. The smallest absolute Gasteiger partial charge is 0.462 e. The molecule has 0 aromatic carbocycles. The summed E-state index contributed by atoms with van der Waals surface area (Å²) in [5.41, 5.74) is 0. The lowest BCUT2D eigenvalue weighted by Gasteiger charge is -2.21. The molecule has 0 fully saturated rings. The molecular weight excluding hydrogens is 1150 g/mol. The molecule has 0 aromatic rings. The summed E-state index contributed by atoms with van der Waals surface area (Å²) in [6.45, 7) is 9.49.